The lowest BCUT2D eigenvalue weighted by Gasteiger charge is -2.14. The Labute approximate surface area is 109 Å². The molecule has 19 heavy (non-hydrogen) atoms. The van der Waals surface area contributed by atoms with Crippen LogP contribution in [0.5, 0.6) is 0 Å². The summed E-state index contributed by atoms with van der Waals surface area (Å²) >= 11 is 0. The fourth-order valence-electron chi connectivity index (χ4n) is 1.60. The van der Waals surface area contributed by atoms with E-state index >= 15 is 0 Å². The van der Waals surface area contributed by atoms with Gasteiger partial charge in [-0.3, -0.25) is 14.9 Å². The maximum atomic E-state index is 12.9. The van der Waals surface area contributed by atoms with Gasteiger partial charge < -0.3 is 11.1 Å². The molecule has 1 rings (SSSR count). The van der Waals surface area contributed by atoms with E-state index in [1.165, 1.54) is 0 Å². The second-order valence-corrected chi connectivity index (χ2v) is 4.64. The number of nitrogens with one attached hydrogen (secondary N) is 1. The van der Waals surface area contributed by atoms with Gasteiger partial charge in [0.2, 0.25) is 5.91 Å². The zero-order chi connectivity index (χ0) is 14.6. The summed E-state index contributed by atoms with van der Waals surface area (Å²) in [5.41, 5.74) is 5.11. The summed E-state index contributed by atoms with van der Waals surface area (Å²) in [6.45, 7) is 3.82. The van der Waals surface area contributed by atoms with Crippen molar-refractivity contribution in [2.24, 2.45) is 11.7 Å². The standard InChI is InChI=1S/C12H16FN3O3/c1-7(2)5-9(14)12(17)15-10-4-3-8(13)6-11(10)16(18)19/h3-4,6-7,9H,5,14H2,1-2H3,(H,15,17)/t9-/m1/s1. The number of nitrogens with two attached hydrogens (primary N) is 1. The molecule has 0 unspecified atom stereocenters. The molecule has 0 heterocycles. The number of rotatable bonds is 5. The zero-order valence-electron chi connectivity index (χ0n) is 10.7. The maximum absolute atomic E-state index is 12.9. The molecule has 0 saturated carbocycles. The van der Waals surface area contributed by atoms with Crippen molar-refractivity contribution in [3.8, 4) is 0 Å². The first kappa shape index (κ1) is 15.0. The summed E-state index contributed by atoms with van der Waals surface area (Å²) < 4.78 is 12.9. The summed E-state index contributed by atoms with van der Waals surface area (Å²) in [7, 11) is 0. The van der Waals surface area contributed by atoms with Crippen molar-refractivity contribution in [2.45, 2.75) is 26.3 Å². The summed E-state index contributed by atoms with van der Waals surface area (Å²) in [6, 6.07) is 2.18. The maximum Gasteiger partial charge on any atom is 0.295 e. The van der Waals surface area contributed by atoms with Crippen LogP contribution in [0.4, 0.5) is 15.8 Å². The highest BCUT2D eigenvalue weighted by Crippen LogP contribution is 2.25. The Morgan fingerprint density at radius 3 is 2.68 bits per heavy atom. The monoisotopic (exact) mass is 269 g/mol. The molecule has 0 aliphatic heterocycles. The molecule has 0 aliphatic rings. The lowest BCUT2D eigenvalue weighted by atomic mass is 10.0. The van der Waals surface area contributed by atoms with E-state index in [-0.39, 0.29) is 11.6 Å². The van der Waals surface area contributed by atoms with Crippen LogP contribution in [0.1, 0.15) is 20.3 Å². The van der Waals surface area contributed by atoms with E-state index in [4.69, 9.17) is 5.73 Å². The molecule has 0 radical (unpaired) electrons. The smallest absolute Gasteiger partial charge is 0.295 e. The third kappa shape index (κ3) is 4.29. The normalized spacial score (nSPS) is 12.3. The quantitative estimate of drug-likeness (QED) is 0.631. The van der Waals surface area contributed by atoms with Gasteiger partial charge in [-0.15, -0.1) is 0 Å². The second kappa shape index (κ2) is 6.24. The average molecular weight is 269 g/mol. The Balaban J connectivity index is 2.87. The molecular formula is C12H16FN3O3. The average Bonchev–Trinajstić information content (AvgIpc) is 2.30. The molecule has 1 atom stereocenters. The molecule has 0 fully saturated rings. The van der Waals surface area contributed by atoms with E-state index in [2.05, 4.69) is 5.32 Å². The van der Waals surface area contributed by atoms with Gasteiger partial charge in [-0.1, -0.05) is 13.8 Å². The van der Waals surface area contributed by atoms with Crippen LogP contribution in [0, 0.1) is 21.8 Å². The minimum Gasteiger partial charge on any atom is -0.320 e. The second-order valence-electron chi connectivity index (χ2n) is 4.64. The molecule has 1 aromatic carbocycles. The number of halogens is 1. The topological polar surface area (TPSA) is 98.3 Å². The molecule has 0 saturated heterocycles. The predicted molar refractivity (Wildman–Crippen MR) is 69.1 cm³/mol. The Bertz CT molecular complexity index is 491. The van der Waals surface area contributed by atoms with Gasteiger partial charge in [-0.2, -0.15) is 0 Å². The minimum atomic E-state index is -0.760. The van der Waals surface area contributed by atoms with Crippen LogP contribution in [-0.2, 0) is 4.79 Å². The highest BCUT2D eigenvalue weighted by atomic mass is 19.1. The summed E-state index contributed by atoms with van der Waals surface area (Å²) in [5, 5.41) is 13.1. The Hall–Kier alpha value is -2.02. The SMILES string of the molecule is CC(C)C[C@@H](N)C(=O)Nc1ccc(F)cc1[N+](=O)[O-]. The number of amides is 1. The number of carbonyl (C=O) groups excluding carboxylic acids is 1. The van der Waals surface area contributed by atoms with E-state index < -0.39 is 28.4 Å². The van der Waals surface area contributed by atoms with Gasteiger partial charge in [0.15, 0.2) is 0 Å². The van der Waals surface area contributed by atoms with E-state index in [1.807, 2.05) is 13.8 Å². The van der Waals surface area contributed by atoms with Crippen molar-refractivity contribution in [1.82, 2.24) is 0 Å². The van der Waals surface area contributed by atoms with Crippen LogP contribution in [0.3, 0.4) is 0 Å². The lowest BCUT2D eigenvalue weighted by Crippen LogP contribution is -2.36. The summed E-state index contributed by atoms with van der Waals surface area (Å²) in [4.78, 5) is 21.8. The van der Waals surface area contributed by atoms with Gasteiger partial charge in [-0.05, 0) is 24.5 Å². The molecule has 3 N–H and O–H groups in total. The largest absolute Gasteiger partial charge is 0.320 e. The molecular weight excluding hydrogens is 253 g/mol. The van der Waals surface area contributed by atoms with Crippen molar-refractivity contribution in [1.29, 1.82) is 0 Å². The Kier molecular flexibility index (Phi) is 4.94. The number of nitrogens with zero attached hydrogens (tertiary/aromatic N) is 1. The predicted octanol–water partition coefficient (Wildman–Crippen LogP) is 2.05. The number of anilines is 1. The van der Waals surface area contributed by atoms with Crippen LogP contribution in [0.2, 0.25) is 0 Å². The van der Waals surface area contributed by atoms with E-state index in [0.717, 1.165) is 18.2 Å². The third-order valence-electron chi connectivity index (χ3n) is 2.48. The Morgan fingerprint density at radius 1 is 1.53 bits per heavy atom. The first-order valence-electron chi connectivity index (χ1n) is 5.81. The number of nitro groups is 1. The first-order valence-corrected chi connectivity index (χ1v) is 5.81. The third-order valence-corrected chi connectivity index (χ3v) is 2.48. The van der Waals surface area contributed by atoms with Crippen LogP contribution in [-0.4, -0.2) is 16.9 Å². The molecule has 0 bridgehead atoms. The van der Waals surface area contributed by atoms with Crippen molar-refractivity contribution in [3.63, 3.8) is 0 Å². The fourth-order valence-corrected chi connectivity index (χ4v) is 1.60. The van der Waals surface area contributed by atoms with Crippen molar-refractivity contribution < 1.29 is 14.1 Å². The van der Waals surface area contributed by atoms with Crippen molar-refractivity contribution >= 4 is 17.3 Å². The number of benzene rings is 1. The molecule has 1 aromatic rings. The first-order chi connectivity index (χ1) is 8.81. The van der Waals surface area contributed by atoms with Crippen LogP contribution < -0.4 is 11.1 Å². The molecule has 1 amide bonds. The van der Waals surface area contributed by atoms with Gasteiger partial charge in [0.05, 0.1) is 17.0 Å². The van der Waals surface area contributed by atoms with E-state index in [1.54, 1.807) is 0 Å². The van der Waals surface area contributed by atoms with Gasteiger partial charge in [0, 0.05) is 0 Å². The number of carbonyl (C=O) groups is 1. The van der Waals surface area contributed by atoms with Gasteiger partial charge in [-0.25, -0.2) is 4.39 Å². The van der Waals surface area contributed by atoms with Gasteiger partial charge >= 0.3 is 0 Å². The van der Waals surface area contributed by atoms with Crippen molar-refractivity contribution in [2.75, 3.05) is 5.32 Å². The fraction of sp³-hybridized carbons (Fsp3) is 0.417. The number of hydrogen-bond donors (Lipinski definition) is 2. The minimum absolute atomic E-state index is 0.0596. The van der Waals surface area contributed by atoms with Gasteiger partial charge in [0.25, 0.3) is 5.69 Å². The summed E-state index contributed by atoms with van der Waals surface area (Å²) in [5.74, 6) is -1.04. The van der Waals surface area contributed by atoms with Crippen LogP contribution in [0.25, 0.3) is 0 Å². The number of hydrogen-bond acceptors (Lipinski definition) is 4. The molecule has 104 valence electrons. The highest BCUT2D eigenvalue weighted by molar-refractivity contribution is 5.96. The van der Waals surface area contributed by atoms with Crippen LogP contribution >= 0.6 is 0 Å². The van der Waals surface area contributed by atoms with E-state index in [0.29, 0.717) is 6.42 Å². The highest BCUT2D eigenvalue weighted by Gasteiger charge is 2.20. The molecule has 0 spiro atoms. The zero-order valence-corrected chi connectivity index (χ0v) is 10.7. The van der Waals surface area contributed by atoms with Gasteiger partial charge in [0.1, 0.15) is 11.5 Å². The number of nitro benzene ring substituents is 1. The molecule has 0 aliphatic carbocycles. The molecule has 7 heteroatoms. The Morgan fingerprint density at radius 2 is 2.16 bits per heavy atom. The van der Waals surface area contributed by atoms with E-state index in [9.17, 15) is 19.3 Å². The lowest BCUT2D eigenvalue weighted by molar-refractivity contribution is -0.384. The molecule has 6 nitrogen and oxygen atoms in total. The van der Waals surface area contributed by atoms with Crippen molar-refractivity contribution in [3.05, 3.63) is 34.1 Å². The molecule has 0 aromatic heterocycles. The van der Waals surface area contributed by atoms with Crippen LogP contribution in [0.15, 0.2) is 18.2 Å². The summed E-state index contributed by atoms with van der Waals surface area (Å²) in [6.07, 6.45) is 0.459.